The number of methoxy groups -OCH3 is 1. The average Bonchev–Trinajstić information content (AvgIpc) is 2.17. The van der Waals surface area contributed by atoms with E-state index in [1.54, 1.807) is 11.0 Å². The summed E-state index contributed by atoms with van der Waals surface area (Å²) < 4.78 is 4.56. The fraction of sp³-hybridized carbons (Fsp3) is 0.300. The predicted octanol–water partition coefficient (Wildman–Crippen LogP) is 0.878. The minimum absolute atomic E-state index is 0.222. The molecule has 0 aromatic heterocycles. The minimum atomic E-state index is -0.269. The highest BCUT2D eigenvalue weighted by atomic mass is 16.5. The SMILES string of the molecule is COC(=O)CN(C)c1cccc(N)c1. The quantitative estimate of drug-likeness (QED) is 0.573. The molecule has 4 nitrogen and oxygen atoms in total. The van der Waals surface area contributed by atoms with Crippen LogP contribution >= 0.6 is 0 Å². The first-order valence-corrected chi connectivity index (χ1v) is 4.27. The largest absolute Gasteiger partial charge is 0.468 e. The van der Waals surface area contributed by atoms with Gasteiger partial charge in [-0.2, -0.15) is 0 Å². The Morgan fingerprint density at radius 2 is 2.29 bits per heavy atom. The third-order valence-corrected chi connectivity index (χ3v) is 1.90. The highest BCUT2D eigenvalue weighted by Gasteiger charge is 2.06. The molecule has 1 aromatic rings. The molecule has 0 aliphatic carbocycles. The molecule has 0 aliphatic rings. The zero-order chi connectivity index (χ0) is 10.6. The Balaban J connectivity index is 2.69. The number of carbonyl (C=O) groups excluding carboxylic acids is 1. The summed E-state index contributed by atoms with van der Waals surface area (Å²) in [7, 11) is 3.18. The molecule has 0 saturated heterocycles. The first-order valence-electron chi connectivity index (χ1n) is 4.27. The summed E-state index contributed by atoms with van der Waals surface area (Å²) in [6, 6.07) is 7.34. The molecule has 0 bridgehead atoms. The zero-order valence-corrected chi connectivity index (χ0v) is 8.36. The average molecular weight is 194 g/mol. The molecule has 4 heteroatoms. The summed E-state index contributed by atoms with van der Waals surface area (Å²) in [5, 5.41) is 0. The number of hydrogen-bond acceptors (Lipinski definition) is 4. The van der Waals surface area contributed by atoms with Gasteiger partial charge < -0.3 is 15.4 Å². The Labute approximate surface area is 83.3 Å². The van der Waals surface area contributed by atoms with E-state index in [1.807, 2.05) is 25.2 Å². The van der Waals surface area contributed by atoms with Crippen molar-refractivity contribution >= 4 is 17.3 Å². The van der Waals surface area contributed by atoms with E-state index in [1.165, 1.54) is 7.11 Å². The van der Waals surface area contributed by atoms with Crippen molar-refractivity contribution in [1.82, 2.24) is 0 Å². The van der Waals surface area contributed by atoms with Crippen molar-refractivity contribution in [3.8, 4) is 0 Å². The number of nitrogens with zero attached hydrogens (tertiary/aromatic N) is 1. The summed E-state index contributed by atoms with van der Waals surface area (Å²) in [5.41, 5.74) is 7.20. The van der Waals surface area contributed by atoms with Gasteiger partial charge in [-0.05, 0) is 18.2 Å². The van der Waals surface area contributed by atoms with Crippen LogP contribution in [0.4, 0.5) is 11.4 Å². The van der Waals surface area contributed by atoms with E-state index in [0.717, 1.165) is 5.69 Å². The van der Waals surface area contributed by atoms with E-state index in [0.29, 0.717) is 5.69 Å². The van der Waals surface area contributed by atoms with Crippen LogP contribution in [0.2, 0.25) is 0 Å². The topological polar surface area (TPSA) is 55.6 Å². The van der Waals surface area contributed by atoms with Crippen molar-refractivity contribution in [1.29, 1.82) is 0 Å². The van der Waals surface area contributed by atoms with Crippen molar-refractivity contribution in [3.63, 3.8) is 0 Å². The van der Waals surface area contributed by atoms with E-state index in [4.69, 9.17) is 5.73 Å². The Bertz CT molecular complexity index is 326. The van der Waals surface area contributed by atoms with Crippen molar-refractivity contribution < 1.29 is 9.53 Å². The number of nitrogen functional groups attached to an aromatic ring is 1. The van der Waals surface area contributed by atoms with Crippen LogP contribution in [0.5, 0.6) is 0 Å². The first-order chi connectivity index (χ1) is 6.63. The smallest absolute Gasteiger partial charge is 0.325 e. The van der Waals surface area contributed by atoms with Crippen LogP contribution in [0.25, 0.3) is 0 Å². The predicted molar refractivity (Wildman–Crippen MR) is 56.1 cm³/mol. The lowest BCUT2D eigenvalue weighted by atomic mass is 10.2. The second-order valence-electron chi connectivity index (χ2n) is 3.03. The molecule has 1 rings (SSSR count). The molecule has 2 N–H and O–H groups in total. The monoisotopic (exact) mass is 194 g/mol. The number of carbonyl (C=O) groups is 1. The number of hydrogen-bond donors (Lipinski definition) is 1. The summed E-state index contributed by atoms with van der Waals surface area (Å²) in [6.07, 6.45) is 0. The van der Waals surface area contributed by atoms with Gasteiger partial charge in [0.2, 0.25) is 0 Å². The summed E-state index contributed by atoms with van der Waals surface area (Å²) >= 11 is 0. The number of nitrogens with two attached hydrogens (primary N) is 1. The van der Waals surface area contributed by atoms with Gasteiger partial charge in [0.25, 0.3) is 0 Å². The third-order valence-electron chi connectivity index (χ3n) is 1.90. The van der Waals surface area contributed by atoms with Crippen LogP contribution in [-0.4, -0.2) is 26.7 Å². The van der Waals surface area contributed by atoms with Crippen molar-refractivity contribution in [2.45, 2.75) is 0 Å². The highest BCUT2D eigenvalue weighted by molar-refractivity contribution is 5.75. The van der Waals surface area contributed by atoms with Gasteiger partial charge in [-0.15, -0.1) is 0 Å². The van der Waals surface area contributed by atoms with Gasteiger partial charge in [-0.25, -0.2) is 0 Å². The number of benzene rings is 1. The molecule has 76 valence electrons. The Morgan fingerprint density at radius 1 is 1.57 bits per heavy atom. The fourth-order valence-electron chi connectivity index (χ4n) is 1.11. The minimum Gasteiger partial charge on any atom is -0.468 e. The molecule has 0 atom stereocenters. The molecule has 0 amide bonds. The molecular formula is C10H14N2O2. The number of rotatable bonds is 3. The van der Waals surface area contributed by atoms with Gasteiger partial charge in [0.1, 0.15) is 6.54 Å². The van der Waals surface area contributed by atoms with Crippen LogP contribution in [0.15, 0.2) is 24.3 Å². The maximum atomic E-state index is 11.0. The zero-order valence-electron chi connectivity index (χ0n) is 8.36. The van der Waals surface area contributed by atoms with E-state index in [2.05, 4.69) is 4.74 Å². The maximum Gasteiger partial charge on any atom is 0.325 e. The summed E-state index contributed by atoms with van der Waals surface area (Å²) in [5.74, 6) is -0.269. The summed E-state index contributed by atoms with van der Waals surface area (Å²) in [6.45, 7) is 0.222. The van der Waals surface area contributed by atoms with Gasteiger partial charge in [0.05, 0.1) is 7.11 Å². The van der Waals surface area contributed by atoms with Gasteiger partial charge in [0, 0.05) is 18.4 Å². The van der Waals surface area contributed by atoms with E-state index in [9.17, 15) is 4.79 Å². The lowest BCUT2D eigenvalue weighted by Crippen LogP contribution is -2.26. The number of likely N-dealkylation sites (N-methyl/N-ethyl adjacent to an activating group) is 1. The second kappa shape index (κ2) is 4.50. The molecule has 0 heterocycles. The van der Waals surface area contributed by atoms with Crippen LogP contribution in [-0.2, 0) is 9.53 Å². The summed E-state index contributed by atoms with van der Waals surface area (Å²) in [4.78, 5) is 12.8. The van der Waals surface area contributed by atoms with Crippen molar-refractivity contribution in [2.75, 3.05) is 31.3 Å². The van der Waals surface area contributed by atoms with Gasteiger partial charge in [0.15, 0.2) is 0 Å². The van der Waals surface area contributed by atoms with Crippen molar-refractivity contribution in [3.05, 3.63) is 24.3 Å². The van der Waals surface area contributed by atoms with Crippen molar-refractivity contribution in [2.24, 2.45) is 0 Å². The Hall–Kier alpha value is -1.71. The molecule has 1 aromatic carbocycles. The normalized spacial score (nSPS) is 9.57. The van der Waals surface area contributed by atoms with Crippen LogP contribution in [0.3, 0.4) is 0 Å². The molecule has 0 saturated carbocycles. The van der Waals surface area contributed by atoms with Crippen LogP contribution in [0.1, 0.15) is 0 Å². The number of ether oxygens (including phenoxy) is 1. The van der Waals surface area contributed by atoms with E-state index >= 15 is 0 Å². The van der Waals surface area contributed by atoms with E-state index in [-0.39, 0.29) is 12.5 Å². The molecule has 0 spiro atoms. The fourth-order valence-corrected chi connectivity index (χ4v) is 1.11. The molecular weight excluding hydrogens is 180 g/mol. The molecule has 0 aliphatic heterocycles. The van der Waals surface area contributed by atoms with Crippen LogP contribution in [0, 0.1) is 0 Å². The van der Waals surface area contributed by atoms with E-state index < -0.39 is 0 Å². The van der Waals surface area contributed by atoms with Gasteiger partial charge in [-0.3, -0.25) is 4.79 Å². The maximum absolute atomic E-state index is 11.0. The third kappa shape index (κ3) is 2.65. The number of anilines is 2. The molecule has 14 heavy (non-hydrogen) atoms. The second-order valence-corrected chi connectivity index (χ2v) is 3.03. The molecule has 0 fully saturated rings. The Kier molecular flexibility index (Phi) is 3.34. The highest BCUT2D eigenvalue weighted by Crippen LogP contribution is 2.15. The van der Waals surface area contributed by atoms with Gasteiger partial charge >= 0.3 is 5.97 Å². The number of esters is 1. The standard InChI is InChI=1S/C10H14N2O2/c1-12(7-10(13)14-2)9-5-3-4-8(11)6-9/h3-6H,7,11H2,1-2H3. The van der Waals surface area contributed by atoms with Gasteiger partial charge in [-0.1, -0.05) is 6.07 Å². The lowest BCUT2D eigenvalue weighted by Gasteiger charge is -2.17. The van der Waals surface area contributed by atoms with Crippen LogP contribution < -0.4 is 10.6 Å². The molecule has 0 radical (unpaired) electrons. The lowest BCUT2D eigenvalue weighted by molar-refractivity contribution is -0.138. The molecule has 0 unspecified atom stereocenters. The first kappa shape index (κ1) is 10.4. The Morgan fingerprint density at radius 3 is 2.86 bits per heavy atom.